The summed E-state index contributed by atoms with van der Waals surface area (Å²) >= 11 is 0. The molecule has 0 saturated heterocycles. The van der Waals surface area contributed by atoms with E-state index in [9.17, 15) is 13.2 Å². The lowest BCUT2D eigenvalue weighted by Gasteiger charge is -2.12. The summed E-state index contributed by atoms with van der Waals surface area (Å²) in [7, 11) is -2.42. The largest absolute Gasteiger partial charge is 0.495 e. The Morgan fingerprint density at radius 2 is 1.81 bits per heavy atom. The van der Waals surface area contributed by atoms with Crippen LogP contribution in [0.2, 0.25) is 0 Å². The second-order valence-electron chi connectivity index (χ2n) is 6.57. The van der Waals surface area contributed by atoms with E-state index in [0.717, 1.165) is 27.6 Å². The number of benzene rings is 2. The second-order valence-corrected chi connectivity index (χ2v) is 8.31. The van der Waals surface area contributed by atoms with Crippen LogP contribution in [0.5, 0.6) is 5.75 Å². The van der Waals surface area contributed by atoms with Crippen LogP contribution in [0.25, 0.3) is 10.9 Å². The number of aromatic nitrogens is 1. The molecule has 3 rings (SSSR count). The van der Waals surface area contributed by atoms with Gasteiger partial charge in [0.15, 0.2) is 0 Å². The van der Waals surface area contributed by atoms with E-state index in [0.29, 0.717) is 5.56 Å². The molecule has 0 atom stereocenters. The number of H-pyrrole nitrogens is 1. The first-order valence-electron chi connectivity index (χ1n) is 8.49. The summed E-state index contributed by atoms with van der Waals surface area (Å²) in [5, 5.41) is 0.861. The minimum Gasteiger partial charge on any atom is -0.495 e. The van der Waals surface area contributed by atoms with Crippen molar-refractivity contribution in [2.45, 2.75) is 32.2 Å². The molecule has 0 bridgehead atoms. The number of sulfonamides is 1. The van der Waals surface area contributed by atoms with Gasteiger partial charge >= 0.3 is 0 Å². The standard InChI is InChI=1S/C20H22N2O4S/c1-12-5-8-17(26-4)18(9-12)27(24,25)21-11-16-10-15-7-6-13(2)14(3)19(15)22-20(16)23/h5-10,21H,11H2,1-4H3,(H,22,23). The summed E-state index contributed by atoms with van der Waals surface area (Å²) < 4.78 is 33.1. The monoisotopic (exact) mass is 386 g/mol. The molecule has 2 aromatic carbocycles. The number of hydrogen-bond acceptors (Lipinski definition) is 4. The van der Waals surface area contributed by atoms with Crippen molar-refractivity contribution in [3.63, 3.8) is 0 Å². The molecular weight excluding hydrogens is 364 g/mol. The zero-order chi connectivity index (χ0) is 19.8. The lowest BCUT2D eigenvalue weighted by Crippen LogP contribution is -2.27. The Hall–Kier alpha value is -2.64. The van der Waals surface area contributed by atoms with Crippen LogP contribution in [0.3, 0.4) is 0 Å². The Bertz CT molecular complexity index is 1180. The van der Waals surface area contributed by atoms with E-state index in [-0.39, 0.29) is 22.7 Å². The maximum Gasteiger partial charge on any atom is 0.252 e. The molecule has 0 radical (unpaired) electrons. The smallest absolute Gasteiger partial charge is 0.252 e. The minimum atomic E-state index is -3.84. The zero-order valence-electron chi connectivity index (χ0n) is 15.7. The van der Waals surface area contributed by atoms with Crippen LogP contribution in [0.4, 0.5) is 0 Å². The highest BCUT2D eigenvalue weighted by Crippen LogP contribution is 2.25. The first kappa shape index (κ1) is 19.1. The van der Waals surface area contributed by atoms with Crippen molar-refractivity contribution >= 4 is 20.9 Å². The predicted octanol–water partition coefficient (Wildman–Crippen LogP) is 2.94. The third-order valence-corrected chi connectivity index (χ3v) is 6.11. The van der Waals surface area contributed by atoms with Gasteiger partial charge in [-0.1, -0.05) is 18.2 Å². The van der Waals surface area contributed by atoms with Crippen molar-refractivity contribution < 1.29 is 13.2 Å². The summed E-state index contributed by atoms with van der Waals surface area (Å²) in [4.78, 5) is 15.3. The fourth-order valence-corrected chi connectivity index (χ4v) is 4.20. The maximum atomic E-state index is 12.7. The fourth-order valence-electron chi connectivity index (χ4n) is 2.95. The number of aromatic amines is 1. The van der Waals surface area contributed by atoms with Crippen LogP contribution in [-0.2, 0) is 16.6 Å². The molecule has 1 aromatic heterocycles. The average molecular weight is 386 g/mol. The van der Waals surface area contributed by atoms with E-state index in [1.807, 2.05) is 26.0 Å². The number of ether oxygens (including phenoxy) is 1. The number of pyridine rings is 1. The molecule has 0 amide bonds. The van der Waals surface area contributed by atoms with E-state index in [1.54, 1.807) is 25.1 Å². The van der Waals surface area contributed by atoms with Gasteiger partial charge in [-0.05, 0) is 61.0 Å². The molecule has 0 saturated carbocycles. The lowest BCUT2D eigenvalue weighted by atomic mass is 10.0. The van der Waals surface area contributed by atoms with E-state index in [2.05, 4.69) is 9.71 Å². The molecule has 3 aromatic rings. The number of hydrogen-bond donors (Lipinski definition) is 2. The van der Waals surface area contributed by atoms with Gasteiger partial charge in [0.25, 0.3) is 5.56 Å². The maximum absolute atomic E-state index is 12.7. The molecule has 142 valence electrons. The van der Waals surface area contributed by atoms with Crippen molar-refractivity contribution in [1.82, 2.24) is 9.71 Å². The van der Waals surface area contributed by atoms with E-state index >= 15 is 0 Å². The molecule has 0 spiro atoms. The van der Waals surface area contributed by atoms with Crippen molar-refractivity contribution in [1.29, 1.82) is 0 Å². The SMILES string of the molecule is COc1ccc(C)cc1S(=O)(=O)NCc1cc2ccc(C)c(C)c2[nH]c1=O. The molecule has 0 aliphatic carbocycles. The van der Waals surface area contributed by atoms with Crippen LogP contribution < -0.4 is 15.0 Å². The number of aryl methyl sites for hydroxylation is 3. The average Bonchev–Trinajstić information content (AvgIpc) is 2.64. The molecular formula is C20H22N2O4S. The van der Waals surface area contributed by atoms with Gasteiger partial charge in [0.05, 0.1) is 12.6 Å². The van der Waals surface area contributed by atoms with Gasteiger partial charge in [-0.2, -0.15) is 0 Å². The van der Waals surface area contributed by atoms with Gasteiger partial charge in [-0.15, -0.1) is 0 Å². The molecule has 6 nitrogen and oxygen atoms in total. The van der Waals surface area contributed by atoms with Gasteiger partial charge in [0.2, 0.25) is 10.0 Å². The highest BCUT2D eigenvalue weighted by molar-refractivity contribution is 7.89. The van der Waals surface area contributed by atoms with E-state index < -0.39 is 10.0 Å². The third-order valence-electron chi connectivity index (χ3n) is 4.69. The van der Waals surface area contributed by atoms with E-state index in [1.165, 1.54) is 13.2 Å². The Morgan fingerprint density at radius 1 is 1.07 bits per heavy atom. The highest BCUT2D eigenvalue weighted by Gasteiger charge is 2.20. The number of methoxy groups -OCH3 is 1. The first-order chi connectivity index (χ1) is 12.7. The molecule has 2 N–H and O–H groups in total. The summed E-state index contributed by atoms with van der Waals surface area (Å²) in [6.45, 7) is 5.61. The van der Waals surface area contributed by atoms with E-state index in [4.69, 9.17) is 4.74 Å². The topological polar surface area (TPSA) is 88.3 Å². The molecule has 27 heavy (non-hydrogen) atoms. The van der Waals surface area contributed by atoms with Gasteiger partial charge in [-0.25, -0.2) is 13.1 Å². The van der Waals surface area contributed by atoms with Crippen LogP contribution in [0, 0.1) is 20.8 Å². The van der Waals surface area contributed by atoms with Crippen LogP contribution in [0.1, 0.15) is 22.3 Å². The van der Waals surface area contributed by atoms with Crippen LogP contribution in [0.15, 0.2) is 46.1 Å². The Labute approximate surface area is 158 Å². The number of nitrogens with one attached hydrogen (secondary N) is 2. The number of fused-ring (bicyclic) bond motifs is 1. The fraction of sp³-hybridized carbons (Fsp3) is 0.250. The van der Waals surface area contributed by atoms with Crippen molar-refractivity contribution in [2.24, 2.45) is 0 Å². The van der Waals surface area contributed by atoms with Crippen molar-refractivity contribution in [2.75, 3.05) is 7.11 Å². The lowest BCUT2D eigenvalue weighted by molar-refractivity contribution is 0.402. The zero-order valence-corrected chi connectivity index (χ0v) is 16.5. The highest BCUT2D eigenvalue weighted by atomic mass is 32.2. The normalized spacial score (nSPS) is 11.7. The summed E-state index contributed by atoms with van der Waals surface area (Å²) in [5.74, 6) is 0.256. The molecule has 0 aliphatic rings. The molecule has 0 unspecified atom stereocenters. The Morgan fingerprint density at radius 3 is 2.52 bits per heavy atom. The van der Waals surface area contributed by atoms with Gasteiger partial charge in [0, 0.05) is 12.1 Å². The quantitative estimate of drug-likeness (QED) is 0.706. The van der Waals surface area contributed by atoms with Crippen LogP contribution >= 0.6 is 0 Å². The summed E-state index contributed by atoms with van der Waals surface area (Å²) in [6.07, 6.45) is 0. The Balaban J connectivity index is 1.95. The summed E-state index contributed by atoms with van der Waals surface area (Å²) in [6, 6.07) is 10.5. The first-order valence-corrected chi connectivity index (χ1v) is 9.97. The number of rotatable bonds is 5. The molecule has 1 heterocycles. The Kier molecular flexibility index (Phi) is 5.08. The second kappa shape index (κ2) is 7.17. The summed E-state index contributed by atoms with van der Waals surface area (Å²) in [5.41, 5.74) is 3.69. The predicted molar refractivity (Wildman–Crippen MR) is 106 cm³/mol. The van der Waals surface area contributed by atoms with Gasteiger partial charge in [0.1, 0.15) is 10.6 Å². The van der Waals surface area contributed by atoms with Gasteiger partial charge < -0.3 is 9.72 Å². The third kappa shape index (κ3) is 3.74. The van der Waals surface area contributed by atoms with Gasteiger partial charge in [-0.3, -0.25) is 4.79 Å². The van der Waals surface area contributed by atoms with Crippen molar-refractivity contribution in [3.05, 3.63) is 69.0 Å². The molecule has 0 fully saturated rings. The van der Waals surface area contributed by atoms with Crippen molar-refractivity contribution in [3.8, 4) is 5.75 Å². The molecule has 0 aliphatic heterocycles. The molecule has 7 heteroatoms. The minimum absolute atomic E-state index is 0.0497. The van der Waals surface area contributed by atoms with Crippen LogP contribution in [-0.4, -0.2) is 20.5 Å².